The Balaban J connectivity index is 2.40. The van der Waals surface area contributed by atoms with E-state index in [0.717, 1.165) is 6.07 Å². The van der Waals surface area contributed by atoms with E-state index in [4.69, 9.17) is 6.42 Å². The fraction of sp³-hybridized carbons (Fsp3) is 0.348. The van der Waals surface area contributed by atoms with Crippen LogP contribution in [0.4, 0.5) is 23.2 Å². The third-order valence-corrected chi connectivity index (χ3v) is 5.40. The number of aliphatic hydroxyl groups excluding tert-OH is 1. The standard InChI is InChI=1S/C23H22F4N2O4/c1-6-22(4,11-30)10-17(31)20(32)18-12(2)19(29(5)13(18)3)21(33)28-14-7-8-16(24)15(9-14)23(25,26)27/h1,7-9,30H,10-11H2,2-5H3,(H,28,33)/t22-/m1/s1. The minimum atomic E-state index is -4.95. The van der Waals surface area contributed by atoms with Crippen molar-refractivity contribution < 1.29 is 37.1 Å². The number of aliphatic hydroxyl groups is 1. The van der Waals surface area contributed by atoms with Crippen molar-refractivity contribution in [3.63, 3.8) is 0 Å². The van der Waals surface area contributed by atoms with Crippen LogP contribution in [0.25, 0.3) is 0 Å². The first-order chi connectivity index (χ1) is 15.2. The molecule has 10 heteroatoms. The van der Waals surface area contributed by atoms with Gasteiger partial charge in [-0.2, -0.15) is 13.2 Å². The van der Waals surface area contributed by atoms with Gasteiger partial charge in [0.05, 0.1) is 23.1 Å². The Bertz CT molecular complexity index is 1170. The molecule has 2 aromatic rings. The van der Waals surface area contributed by atoms with Crippen molar-refractivity contribution in [1.82, 2.24) is 4.57 Å². The van der Waals surface area contributed by atoms with Crippen LogP contribution in [0.15, 0.2) is 18.2 Å². The minimum Gasteiger partial charge on any atom is -0.395 e. The van der Waals surface area contributed by atoms with Gasteiger partial charge in [0.15, 0.2) is 0 Å². The molecular weight excluding hydrogens is 444 g/mol. The number of carbonyl (C=O) groups is 3. The van der Waals surface area contributed by atoms with Gasteiger partial charge in [-0.25, -0.2) is 4.39 Å². The number of nitrogens with zero attached hydrogens (tertiary/aromatic N) is 1. The quantitative estimate of drug-likeness (QED) is 0.281. The van der Waals surface area contributed by atoms with Crippen LogP contribution in [-0.4, -0.2) is 33.8 Å². The number of rotatable bonds is 7. The van der Waals surface area contributed by atoms with Gasteiger partial charge >= 0.3 is 6.18 Å². The predicted octanol–water partition coefficient (Wildman–Crippen LogP) is 3.83. The molecule has 2 rings (SSSR count). The molecule has 6 nitrogen and oxygen atoms in total. The van der Waals surface area contributed by atoms with Gasteiger partial charge in [-0.3, -0.25) is 14.4 Å². The summed E-state index contributed by atoms with van der Waals surface area (Å²) in [6.07, 6.45) is -0.0393. The topological polar surface area (TPSA) is 88.4 Å². The van der Waals surface area contributed by atoms with Crippen LogP contribution in [0.2, 0.25) is 0 Å². The summed E-state index contributed by atoms with van der Waals surface area (Å²) in [5.41, 5.74) is -2.77. The zero-order valence-corrected chi connectivity index (χ0v) is 18.4. The molecule has 0 aliphatic heterocycles. The van der Waals surface area contributed by atoms with Gasteiger partial charge in [0, 0.05) is 24.8 Å². The molecule has 0 fully saturated rings. The van der Waals surface area contributed by atoms with Gasteiger partial charge in [0.25, 0.3) is 5.91 Å². The Labute approximate surface area is 187 Å². The second-order valence-electron chi connectivity index (χ2n) is 7.93. The average molecular weight is 466 g/mol. The van der Waals surface area contributed by atoms with Gasteiger partial charge < -0.3 is 15.0 Å². The number of benzene rings is 1. The summed E-state index contributed by atoms with van der Waals surface area (Å²) in [5, 5.41) is 11.6. The highest BCUT2D eigenvalue weighted by atomic mass is 19.4. The molecule has 0 aliphatic rings. The molecule has 1 aromatic carbocycles. The van der Waals surface area contributed by atoms with E-state index in [2.05, 4.69) is 11.2 Å². The number of halogens is 4. The fourth-order valence-electron chi connectivity index (χ4n) is 3.37. The Morgan fingerprint density at radius 3 is 2.33 bits per heavy atom. The molecule has 1 amide bonds. The zero-order valence-electron chi connectivity index (χ0n) is 18.4. The lowest BCUT2D eigenvalue weighted by atomic mass is 9.84. The van der Waals surface area contributed by atoms with E-state index in [-0.39, 0.29) is 28.2 Å². The van der Waals surface area contributed by atoms with Crippen LogP contribution in [0.3, 0.4) is 0 Å². The lowest BCUT2D eigenvalue weighted by Gasteiger charge is -2.18. The van der Waals surface area contributed by atoms with Crippen LogP contribution in [0.1, 0.15) is 51.0 Å². The summed E-state index contributed by atoms with van der Waals surface area (Å²) in [5.74, 6) is -1.83. The van der Waals surface area contributed by atoms with Crippen molar-refractivity contribution in [2.45, 2.75) is 33.4 Å². The normalized spacial score (nSPS) is 13.2. The Morgan fingerprint density at radius 1 is 1.21 bits per heavy atom. The minimum absolute atomic E-state index is 0.0416. The first-order valence-corrected chi connectivity index (χ1v) is 9.67. The molecule has 1 heterocycles. The second-order valence-corrected chi connectivity index (χ2v) is 7.93. The molecule has 0 bridgehead atoms. The number of anilines is 1. The highest BCUT2D eigenvalue weighted by Gasteiger charge is 2.35. The monoisotopic (exact) mass is 466 g/mol. The lowest BCUT2D eigenvalue weighted by molar-refractivity contribution is -0.139. The maximum absolute atomic E-state index is 13.5. The van der Waals surface area contributed by atoms with Gasteiger partial charge in [-0.05, 0) is 44.5 Å². The van der Waals surface area contributed by atoms with E-state index in [1.165, 1.54) is 32.4 Å². The van der Waals surface area contributed by atoms with Crippen LogP contribution >= 0.6 is 0 Å². The number of terminal acetylenes is 1. The average Bonchev–Trinajstić information content (AvgIpc) is 2.96. The first-order valence-electron chi connectivity index (χ1n) is 9.67. The fourth-order valence-corrected chi connectivity index (χ4v) is 3.37. The summed E-state index contributed by atoms with van der Waals surface area (Å²) in [7, 11) is 1.45. The van der Waals surface area contributed by atoms with Crippen LogP contribution in [0, 0.1) is 37.4 Å². The molecule has 1 aromatic heterocycles. The Morgan fingerprint density at radius 2 is 1.82 bits per heavy atom. The number of ketones is 2. The SMILES string of the molecule is C#C[C@@](C)(CO)CC(=O)C(=O)c1c(C)c(C(=O)Nc2ccc(F)c(C(F)(F)F)c2)n(C)c1C. The molecule has 0 aliphatic carbocycles. The Hall–Kier alpha value is -3.45. The smallest absolute Gasteiger partial charge is 0.395 e. The van der Waals surface area contributed by atoms with E-state index >= 15 is 0 Å². The number of alkyl halides is 3. The third kappa shape index (κ3) is 5.14. The summed E-state index contributed by atoms with van der Waals surface area (Å²) >= 11 is 0. The number of nitrogens with one attached hydrogen (secondary N) is 1. The number of carbonyl (C=O) groups excluding carboxylic acids is 3. The van der Waals surface area contributed by atoms with E-state index in [9.17, 15) is 37.1 Å². The molecule has 0 unspecified atom stereocenters. The summed E-state index contributed by atoms with van der Waals surface area (Å²) in [6.45, 7) is 3.84. The molecule has 2 N–H and O–H groups in total. The molecule has 0 radical (unpaired) electrons. The molecule has 176 valence electrons. The van der Waals surface area contributed by atoms with E-state index in [1.54, 1.807) is 0 Å². The number of hydrogen-bond acceptors (Lipinski definition) is 4. The molecule has 0 saturated heterocycles. The van der Waals surface area contributed by atoms with Crippen molar-refractivity contribution in [2.75, 3.05) is 11.9 Å². The largest absolute Gasteiger partial charge is 0.419 e. The van der Waals surface area contributed by atoms with Crippen molar-refractivity contribution in [3.8, 4) is 12.3 Å². The van der Waals surface area contributed by atoms with Crippen molar-refractivity contribution >= 4 is 23.2 Å². The van der Waals surface area contributed by atoms with E-state index in [0.29, 0.717) is 12.1 Å². The predicted molar refractivity (Wildman–Crippen MR) is 112 cm³/mol. The van der Waals surface area contributed by atoms with Crippen LogP contribution < -0.4 is 5.32 Å². The van der Waals surface area contributed by atoms with Gasteiger partial charge in [0.1, 0.15) is 11.5 Å². The number of amides is 1. The van der Waals surface area contributed by atoms with Crippen LogP contribution in [-0.2, 0) is 18.0 Å². The molecule has 1 atom stereocenters. The highest BCUT2D eigenvalue weighted by Crippen LogP contribution is 2.33. The van der Waals surface area contributed by atoms with E-state index in [1.807, 2.05) is 0 Å². The van der Waals surface area contributed by atoms with Gasteiger partial charge in [-0.1, -0.05) is 5.92 Å². The molecular formula is C23H22F4N2O4. The Kier molecular flexibility index (Phi) is 7.19. The number of aromatic nitrogens is 1. The summed E-state index contributed by atoms with van der Waals surface area (Å²) < 4.78 is 53.7. The molecule has 0 saturated carbocycles. The van der Waals surface area contributed by atoms with Gasteiger partial charge in [0.2, 0.25) is 11.6 Å². The van der Waals surface area contributed by atoms with Crippen molar-refractivity contribution in [1.29, 1.82) is 0 Å². The third-order valence-electron chi connectivity index (χ3n) is 5.40. The van der Waals surface area contributed by atoms with Crippen molar-refractivity contribution in [3.05, 3.63) is 52.1 Å². The van der Waals surface area contributed by atoms with Gasteiger partial charge in [-0.15, -0.1) is 6.42 Å². The number of Topliss-reactive ketones (excluding diaryl/α,β-unsaturated/α-hetero) is 2. The summed E-state index contributed by atoms with van der Waals surface area (Å²) in [6, 6.07) is 2.01. The maximum Gasteiger partial charge on any atom is 0.419 e. The summed E-state index contributed by atoms with van der Waals surface area (Å²) in [4.78, 5) is 38.2. The van der Waals surface area contributed by atoms with Crippen molar-refractivity contribution in [2.24, 2.45) is 12.5 Å². The first kappa shape index (κ1) is 25.8. The highest BCUT2D eigenvalue weighted by molar-refractivity contribution is 6.44. The number of hydrogen-bond donors (Lipinski definition) is 2. The lowest BCUT2D eigenvalue weighted by Crippen LogP contribution is -2.27. The maximum atomic E-state index is 13.5. The molecule has 0 spiro atoms. The van der Waals surface area contributed by atoms with Crippen LogP contribution in [0.5, 0.6) is 0 Å². The van der Waals surface area contributed by atoms with E-state index < -0.39 is 53.5 Å². The zero-order chi connectivity index (χ0) is 25.3. The second kappa shape index (κ2) is 9.19. The molecule has 33 heavy (non-hydrogen) atoms.